The van der Waals surface area contributed by atoms with Crippen molar-refractivity contribution in [2.75, 3.05) is 26.3 Å². The molecular weight excluding hydrogens is 462 g/mol. The second kappa shape index (κ2) is 35.2. The van der Waals surface area contributed by atoms with Gasteiger partial charge in [-0.05, 0) is 38.8 Å². The van der Waals surface area contributed by atoms with Gasteiger partial charge in [0.1, 0.15) is 11.6 Å². The van der Waals surface area contributed by atoms with Crippen molar-refractivity contribution in [2.24, 2.45) is 0 Å². The zero-order chi connectivity index (χ0) is 27.7. The summed E-state index contributed by atoms with van der Waals surface area (Å²) in [5.41, 5.74) is 0. The lowest BCUT2D eigenvalue weighted by atomic mass is 10.0. The Bertz CT molecular complexity index is 416. The molecule has 0 unspecified atom stereocenters. The van der Waals surface area contributed by atoms with Gasteiger partial charge in [-0.25, -0.2) is 0 Å². The molecule has 0 fully saturated rings. The summed E-state index contributed by atoms with van der Waals surface area (Å²) >= 11 is 0. The predicted molar refractivity (Wildman–Crippen MR) is 159 cm³/mol. The summed E-state index contributed by atoms with van der Waals surface area (Å²) in [7, 11) is 0. The van der Waals surface area contributed by atoms with Gasteiger partial charge in [0, 0.05) is 25.7 Å². The number of aliphatic hydroxyl groups excluding tert-OH is 2. The Morgan fingerprint density at radius 2 is 0.703 bits per heavy atom. The lowest BCUT2D eigenvalue weighted by molar-refractivity contribution is -0.120. The Balaban J connectivity index is 0. The molecule has 0 aromatic carbocycles. The quantitative estimate of drug-likeness (QED) is 0.0856. The van der Waals surface area contributed by atoms with Gasteiger partial charge in [0.2, 0.25) is 0 Å². The molecule has 0 aromatic heterocycles. The van der Waals surface area contributed by atoms with E-state index in [2.05, 4.69) is 19.2 Å². The molecule has 0 heterocycles. The molecular formula is C32H65NO4. The summed E-state index contributed by atoms with van der Waals surface area (Å²) in [6.07, 6.45) is 28.3. The van der Waals surface area contributed by atoms with Crippen LogP contribution >= 0.6 is 0 Å². The number of carbonyl (C=O) groups is 2. The number of unbranched alkanes of at least 4 members (excludes halogenated alkanes) is 16. The van der Waals surface area contributed by atoms with Crippen LogP contribution in [0.5, 0.6) is 0 Å². The monoisotopic (exact) mass is 527 g/mol. The first kappa shape index (κ1) is 38.4. The normalized spacial score (nSPS) is 10.8. The van der Waals surface area contributed by atoms with Crippen molar-refractivity contribution in [1.82, 2.24) is 5.32 Å². The van der Waals surface area contributed by atoms with Crippen LogP contribution in [-0.2, 0) is 9.59 Å². The van der Waals surface area contributed by atoms with Crippen molar-refractivity contribution >= 4 is 11.6 Å². The van der Waals surface area contributed by atoms with Crippen LogP contribution < -0.4 is 5.32 Å². The lowest BCUT2D eigenvalue weighted by Gasteiger charge is -2.05. The zero-order valence-electron chi connectivity index (χ0n) is 25.0. The van der Waals surface area contributed by atoms with Gasteiger partial charge in [-0.3, -0.25) is 9.59 Å². The first-order chi connectivity index (χ1) is 18.1. The van der Waals surface area contributed by atoms with E-state index in [1.54, 1.807) is 0 Å². The van der Waals surface area contributed by atoms with Crippen molar-refractivity contribution < 1.29 is 19.8 Å². The van der Waals surface area contributed by atoms with Crippen molar-refractivity contribution in [3.05, 3.63) is 0 Å². The molecule has 0 atom stereocenters. The van der Waals surface area contributed by atoms with E-state index in [0.29, 0.717) is 24.4 Å². The topological polar surface area (TPSA) is 86.6 Å². The molecule has 5 nitrogen and oxygen atoms in total. The van der Waals surface area contributed by atoms with E-state index in [4.69, 9.17) is 10.2 Å². The van der Waals surface area contributed by atoms with Crippen LogP contribution in [0.25, 0.3) is 0 Å². The molecule has 5 heteroatoms. The molecule has 0 radical (unpaired) electrons. The number of hydrogen-bond acceptors (Lipinski definition) is 5. The Hall–Kier alpha value is -0.780. The van der Waals surface area contributed by atoms with Crippen molar-refractivity contribution in [3.8, 4) is 0 Å². The minimum absolute atomic E-state index is 0.125. The highest BCUT2D eigenvalue weighted by molar-refractivity contribution is 5.78. The minimum atomic E-state index is -0.125. The average molecular weight is 528 g/mol. The van der Waals surface area contributed by atoms with Crippen molar-refractivity contribution in [3.63, 3.8) is 0 Å². The second-order valence-electron chi connectivity index (χ2n) is 10.6. The second-order valence-corrected chi connectivity index (χ2v) is 10.6. The number of rotatable bonds is 29. The fourth-order valence-corrected chi connectivity index (χ4v) is 4.46. The van der Waals surface area contributed by atoms with Crippen LogP contribution in [0.3, 0.4) is 0 Å². The number of ketones is 2. The van der Waals surface area contributed by atoms with Crippen molar-refractivity contribution in [1.29, 1.82) is 0 Å². The van der Waals surface area contributed by atoms with Crippen LogP contribution in [-0.4, -0.2) is 48.1 Å². The van der Waals surface area contributed by atoms with Gasteiger partial charge < -0.3 is 15.5 Å². The van der Waals surface area contributed by atoms with E-state index in [0.717, 1.165) is 51.6 Å². The van der Waals surface area contributed by atoms with E-state index in [9.17, 15) is 9.59 Å². The van der Waals surface area contributed by atoms with Crippen molar-refractivity contribution in [2.45, 2.75) is 168 Å². The first-order valence-electron chi connectivity index (χ1n) is 16.1. The molecule has 0 rings (SSSR count). The van der Waals surface area contributed by atoms with Crippen LogP contribution in [0.4, 0.5) is 0 Å². The Morgan fingerprint density at radius 3 is 1.00 bits per heavy atom. The molecule has 0 bridgehead atoms. The summed E-state index contributed by atoms with van der Waals surface area (Å²) in [5, 5.41) is 18.7. The largest absolute Gasteiger partial charge is 0.394 e. The molecule has 0 spiro atoms. The third kappa shape index (κ3) is 37.4. The van der Waals surface area contributed by atoms with Crippen LogP contribution in [0.15, 0.2) is 0 Å². The number of Topliss-reactive ketones (excluding diaryl/α,β-unsaturated/α-hetero) is 2. The maximum atomic E-state index is 12.0. The highest BCUT2D eigenvalue weighted by Crippen LogP contribution is 2.12. The Kier molecular flexibility index (Phi) is 36.5. The Labute approximate surface area is 231 Å². The van der Waals surface area contributed by atoms with Gasteiger partial charge in [-0.2, -0.15) is 0 Å². The molecule has 0 aliphatic rings. The maximum absolute atomic E-state index is 12.0. The smallest absolute Gasteiger partial charge is 0.132 e. The molecule has 0 aliphatic carbocycles. The van der Waals surface area contributed by atoms with E-state index in [1.165, 1.54) is 103 Å². The number of aliphatic hydroxyl groups is 2. The average Bonchev–Trinajstić information content (AvgIpc) is 2.90. The SMILES string of the molecule is CCCCCCCCCCCC(=O)CCCNCCCC(=O)CCCCCCCCCCC.OCCO. The molecule has 0 aliphatic heterocycles. The molecule has 0 saturated heterocycles. The van der Waals surface area contributed by atoms with Gasteiger partial charge >= 0.3 is 0 Å². The summed E-state index contributed by atoms with van der Waals surface area (Å²) in [6.45, 7) is 6.07. The third-order valence-corrected chi connectivity index (χ3v) is 6.84. The van der Waals surface area contributed by atoms with Crippen LogP contribution in [0.1, 0.15) is 168 Å². The fourth-order valence-electron chi connectivity index (χ4n) is 4.46. The number of nitrogens with one attached hydrogen (secondary N) is 1. The van der Waals surface area contributed by atoms with Gasteiger partial charge in [-0.15, -0.1) is 0 Å². The number of carbonyl (C=O) groups excluding carboxylic acids is 2. The highest BCUT2D eigenvalue weighted by Gasteiger charge is 2.04. The highest BCUT2D eigenvalue weighted by atomic mass is 16.3. The van der Waals surface area contributed by atoms with Gasteiger partial charge in [0.25, 0.3) is 0 Å². The molecule has 0 aromatic rings. The third-order valence-electron chi connectivity index (χ3n) is 6.84. The van der Waals surface area contributed by atoms with Gasteiger partial charge in [-0.1, -0.05) is 117 Å². The summed E-state index contributed by atoms with van der Waals surface area (Å²) < 4.78 is 0. The first-order valence-corrected chi connectivity index (χ1v) is 16.1. The summed E-state index contributed by atoms with van der Waals surface area (Å²) in [4.78, 5) is 24.0. The fraction of sp³-hybridized carbons (Fsp3) is 0.938. The molecule has 37 heavy (non-hydrogen) atoms. The van der Waals surface area contributed by atoms with Crippen LogP contribution in [0.2, 0.25) is 0 Å². The predicted octanol–water partition coefficient (Wildman–Crippen LogP) is 8.09. The number of hydrogen-bond donors (Lipinski definition) is 3. The molecule has 222 valence electrons. The van der Waals surface area contributed by atoms with Gasteiger partial charge in [0.15, 0.2) is 0 Å². The van der Waals surface area contributed by atoms with Gasteiger partial charge in [0.05, 0.1) is 13.2 Å². The zero-order valence-corrected chi connectivity index (χ0v) is 25.0. The van der Waals surface area contributed by atoms with Crippen LogP contribution in [0, 0.1) is 0 Å². The van der Waals surface area contributed by atoms with E-state index >= 15 is 0 Å². The standard InChI is InChI=1S/C30H59NO2.C2H6O2/c1-3-5-7-9-11-13-15-17-19-23-29(32)25-21-27-31-28-22-26-30(33)24-20-18-16-14-12-10-8-6-4-2;3-1-2-4/h31H,3-28H2,1-2H3;3-4H,1-2H2. The maximum Gasteiger partial charge on any atom is 0.132 e. The molecule has 3 N–H and O–H groups in total. The lowest BCUT2D eigenvalue weighted by Crippen LogP contribution is -2.18. The summed E-state index contributed by atoms with van der Waals surface area (Å²) in [5.74, 6) is 0.853. The summed E-state index contributed by atoms with van der Waals surface area (Å²) in [6, 6.07) is 0. The van der Waals surface area contributed by atoms with E-state index in [1.807, 2.05) is 0 Å². The molecule has 0 saturated carbocycles. The van der Waals surface area contributed by atoms with E-state index < -0.39 is 0 Å². The minimum Gasteiger partial charge on any atom is -0.394 e. The molecule has 0 amide bonds. The van der Waals surface area contributed by atoms with E-state index in [-0.39, 0.29) is 13.2 Å². The Morgan fingerprint density at radius 1 is 0.432 bits per heavy atom.